The summed E-state index contributed by atoms with van der Waals surface area (Å²) < 4.78 is 14.2. The monoisotopic (exact) mass is 470 g/mol. The lowest BCUT2D eigenvalue weighted by atomic mass is 10.1. The Balaban J connectivity index is 1.30. The predicted molar refractivity (Wildman–Crippen MR) is 133 cm³/mol. The lowest BCUT2D eigenvalue weighted by Crippen LogP contribution is -2.44. The minimum atomic E-state index is -0.111. The first-order chi connectivity index (χ1) is 17.2. The number of carbonyl (C=O) groups is 1. The molecule has 2 aromatic heterocycles. The van der Waals surface area contributed by atoms with Crippen LogP contribution in [0.1, 0.15) is 18.9 Å². The predicted octanol–water partition coefficient (Wildman–Crippen LogP) is 5.02. The number of likely N-dealkylation sites (tertiary alicyclic amines) is 1. The zero-order chi connectivity index (χ0) is 24.0. The number of ether oxygens (including phenoxy) is 2. The normalized spacial score (nSPS) is 14.0. The first-order valence-corrected chi connectivity index (χ1v) is 11.5. The van der Waals surface area contributed by atoms with Crippen LogP contribution in [0.25, 0.3) is 11.0 Å². The smallest absolute Gasteiger partial charge is 0.318 e. The lowest BCUT2D eigenvalue weighted by Gasteiger charge is -2.33. The van der Waals surface area contributed by atoms with Crippen LogP contribution in [0.15, 0.2) is 78.2 Å². The van der Waals surface area contributed by atoms with Gasteiger partial charge in [-0.1, -0.05) is 18.2 Å². The third-order valence-electron chi connectivity index (χ3n) is 5.97. The maximum atomic E-state index is 12.2. The molecule has 0 atom stereocenters. The highest BCUT2D eigenvalue weighted by Crippen LogP contribution is 2.33. The molecule has 35 heavy (non-hydrogen) atoms. The van der Waals surface area contributed by atoms with Gasteiger partial charge in [0, 0.05) is 25.3 Å². The Kier molecular flexibility index (Phi) is 6.56. The number of hydrogen-bond acceptors (Lipinski definition) is 6. The third kappa shape index (κ3) is 5.08. The Morgan fingerprint density at radius 2 is 1.66 bits per heavy atom. The Morgan fingerprint density at radius 1 is 0.971 bits per heavy atom. The quantitative estimate of drug-likeness (QED) is 0.383. The second-order valence-corrected chi connectivity index (χ2v) is 8.21. The Hall–Kier alpha value is -4.40. The van der Waals surface area contributed by atoms with Gasteiger partial charge in [-0.15, -0.1) is 0 Å². The first-order valence-electron chi connectivity index (χ1n) is 11.5. The van der Waals surface area contributed by atoms with Crippen LogP contribution in [0.3, 0.4) is 0 Å². The SMILES string of the molecule is C=NCNC(=O)N1CCC(n2ccc3ncnc(Oc4ccc(Oc5ccccc5)cc4)c32)CC1. The molecule has 0 saturated carbocycles. The molecule has 2 amide bonds. The summed E-state index contributed by atoms with van der Waals surface area (Å²) in [5, 5.41) is 2.74. The van der Waals surface area contributed by atoms with Crippen molar-refractivity contribution in [2.45, 2.75) is 18.9 Å². The summed E-state index contributed by atoms with van der Waals surface area (Å²) in [7, 11) is 0. The summed E-state index contributed by atoms with van der Waals surface area (Å²) in [6, 6.07) is 19.1. The highest BCUT2D eigenvalue weighted by molar-refractivity contribution is 5.81. The van der Waals surface area contributed by atoms with E-state index >= 15 is 0 Å². The van der Waals surface area contributed by atoms with Crippen LogP contribution in [0, 0.1) is 0 Å². The van der Waals surface area contributed by atoms with E-state index in [0.29, 0.717) is 24.7 Å². The summed E-state index contributed by atoms with van der Waals surface area (Å²) >= 11 is 0. The zero-order valence-electron chi connectivity index (χ0n) is 19.2. The summed E-state index contributed by atoms with van der Waals surface area (Å²) in [5.41, 5.74) is 1.66. The molecule has 9 heteroatoms. The van der Waals surface area contributed by atoms with E-state index < -0.39 is 0 Å². The van der Waals surface area contributed by atoms with Crippen molar-refractivity contribution in [1.82, 2.24) is 24.8 Å². The van der Waals surface area contributed by atoms with Crippen molar-refractivity contribution in [2.75, 3.05) is 19.8 Å². The first kappa shape index (κ1) is 22.4. The molecule has 9 nitrogen and oxygen atoms in total. The van der Waals surface area contributed by atoms with Gasteiger partial charge in [0.1, 0.15) is 35.8 Å². The molecule has 1 aliphatic heterocycles. The summed E-state index contributed by atoms with van der Waals surface area (Å²) in [6.45, 7) is 4.92. The second-order valence-electron chi connectivity index (χ2n) is 8.21. The largest absolute Gasteiger partial charge is 0.457 e. The number of fused-ring (bicyclic) bond motifs is 1. The number of para-hydroxylation sites is 1. The molecule has 1 fully saturated rings. The average Bonchev–Trinajstić information content (AvgIpc) is 3.34. The molecule has 3 heterocycles. The maximum Gasteiger partial charge on any atom is 0.318 e. The number of rotatable bonds is 7. The second kappa shape index (κ2) is 10.3. The minimum absolute atomic E-state index is 0.111. The van der Waals surface area contributed by atoms with Gasteiger partial charge in [0.25, 0.3) is 0 Å². The van der Waals surface area contributed by atoms with E-state index in [1.54, 1.807) is 4.90 Å². The van der Waals surface area contributed by atoms with Crippen molar-refractivity contribution in [2.24, 2.45) is 4.99 Å². The van der Waals surface area contributed by atoms with Crippen molar-refractivity contribution in [3.05, 3.63) is 73.2 Å². The number of hydrogen-bond donors (Lipinski definition) is 1. The van der Waals surface area contributed by atoms with E-state index in [1.165, 1.54) is 6.33 Å². The van der Waals surface area contributed by atoms with Gasteiger partial charge >= 0.3 is 6.03 Å². The topological polar surface area (TPSA) is 93.9 Å². The molecule has 0 unspecified atom stereocenters. The molecular weight excluding hydrogens is 444 g/mol. The fourth-order valence-corrected chi connectivity index (χ4v) is 4.24. The number of aliphatic imine (C=N–C) groups is 1. The van der Waals surface area contributed by atoms with Crippen LogP contribution in [-0.4, -0.2) is 51.9 Å². The van der Waals surface area contributed by atoms with Gasteiger partial charge in [-0.3, -0.25) is 4.99 Å². The van der Waals surface area contributed by atoms with Crippen LogP contribution >= 0.6 is 0 Å². The van der Waals surface area contributed by atoms with E-state index in [2.05, 4.69) is 31.6 Å². The van der Waals surface area contributed by atoms with Gasteiger partial charge in [-0.05, 0) is 62.0 Å². The van der Waals surface area contributed by atoms with Gasteiger partial charge in [0.15, 0.2) is 0 Å². The van der Waals surface area contributed by atoms with Gasteiger partial charge in [-0.25, -0.2) is 9.78 Å². The van der Waals surface area contributed by atoms with Crippen molar-refractivity contribution >= 4 is 23.8 Å². The molecule has 0 radical (unpaired) electrons. The molecule has 4 aromatic rings. The van der Waals surface area contributed by atoms with Crippen LogP contribution < -0.4 is 14.8 Å². The van der Waals surface area contributed by atoms with Crippen molar-refractivity contribution < 1.29 is 14.3 Å². The molecule has 0 spiro atoms. The number of nitrogens with zero attached hydrogens (tertiary/aromatic N) is 5. The van der Waals surface area contributed by atoms with Gasteiger partial charge in [0.2, 0.25) is 5.88 Å². The summed E-state index contributed by atoms with van der Waals surface area (Å²) in [6.07, 6.45) is 5.16. The van der Waals surface area contributed by atoms with E-state index in [9.17, 15) is 4.79 Å². The van der Waals surface area contributed by atoms with Gasteiger partial charge in [-0.2, -0.15) is 4.98 Å². The number of carbonyl (C=O) groups excluding carboxylic acids is 1. The number of amides is 2. The summed E-state index contributed by atoms with van der Waals surface area (Å²) in [5.74, 6) is 2.64. The maximum absolute atomic E-state index is 12.2. The number of piperidine rings is 1. The van der Waals surface area contributed by atoms with E-state index in [1.807, 2.05) is 66.9 Å². The van der Waals surface area contributed by atoms with Crippen LogP contribution in [0.4, 0.5) is 4.79 Å². The fourth-order valence-electron chi connectivity index (χ4n) is 4.24. The number of nitrogens with one attached hydrogen (secondary N) is 1. The molecule has 178 valence electrons. The molecule has 1 N–H and O–H groups in total. The summed E-state index contributed by atoms with van der Waals surface area (Å²) in [4.78, 5) is 26.5. The molecule has 0 aliphatic carbocycles. The Bertz CT molecular complexity index is 1300. The fraction of sp³-hybridized carbons (Fsp3) is 0.231. The van der Waals surface area contributed by atoms with Gasteiger partial charge in [0.05, 0.1) is 5.52 Å². The van der Waals surface area contributed by atoms with Crippen molar-refractivity contribution in [3.63, 3.8) is 0 Å². The molecule has 1 saturated heterocycles. The Morgan fingerprint density at radius 3 is 2.37 bits per heavy atom. The average molecular weight is 471 g/mol. The third-order valence-corrected chi connectivity index (χ3v) is 5.97. The van der Waals surface area contributed by atoms with Crippen molar-refractivity contribution in [3.8, 4) is 23.1 Å². The molecule has 0 bridgehead atoms. The van der Waals surface area contributed by atoms with E-state index in [0.717, 1.165) is 35.4 Å². The number of benzene rings is 2. The van der Waals surface area contributed by atoms with E-state index in [4.69, 9.17) is 9.47 Å². The Labute approximate surface area is 203 Å². The highest BCUT2D eigenvalue weighted by atomic mass is 16.5. The standard InChI is InChI=1S/C26H26N6O3/c1-27-17-30-26(33)31-14-11-19(12-15-31)32-16-13-23-24(32)25(29-18-28-23)35-22-9-7-21(8-10-22)34-20-5-3-2-4-6-20/h2-10,13,16,18-19H,1,11-12,14-15,17H2,(H,30,33). The number of urea groups is 1. The molecule has 1 aliphatic rings. The van der Waals surface area contributed by atoms with E-state index in [-0.39, 0.29) is 18.7 Å². The van der Waals surface area contributed by atoms with Gasteiger partial charge < -0.3 is 24.3 Å². The zero-order valence-corrected chi connectivity index (χ0v) is 19.2. The molecular formula is C26H26N6O3. The molecule has 5 rings (SSSR count). The van der Waals surface area contributed by atoms with Crippen LogP contribution in [0.2, 0.25) is 0 Å². The lowest BCUT2D eigenvalue weighted by molar-refractivity contribution is 0.173. The van der Waals surface area contributed by atoms with Crippen LogP contribution in [0.5, 0.6) is 23.1 Å². The van der Waals surface area contributed by atoms with Crippen LogP contribution in [-0.2, 0) is 0 Å². The minimum Gasteiger partial charge on any atom is -0.457 e. The molecule has 2 aromatic carbocycles. The number of aromatic nitrogens is 3. The highest BCUT2D eigenvalue weighted by Gasteiger charge is 2.25. The van der Waals surface area contributed by atoms with Crippen molar-refractivity contribution in [1.29, 1.82) is 0 Å².